The first-order valence-electron chi connectivity index (χ1n) is 10.7. The molecule has 0 aliphatic carbocycles. The predicted molar refractivity (Wildman–Crippen MR) is 140 cm³/mol. The van der Waals surface area contributed by atoms with Gasteiger partial charge in [-0.25, -0.2) is 4.98 Å². The quantitative estimate of drug-likeness (QED) is 0.241. The first-order valence-corrected chi connectivity index (χ1v) is 14.2. The van der Waals surface area contributed by atoms with Crippen LogP contribution < -0.4 is 14.8 Å². The number of unbranched alkanes of at least 4 members (excludes halogenated alkanes) is 3. The number of anilines is 1. The van der Waals surface area contributed by atoms with Crippen molar-refractivity contribution in [2.75, 3.05) is 37.8 Å². The van der Waals surface area contributed by atoms with E-state index in [0.29, 0.717) is 11.5 Å². The highest BCUT2D eigenvalue weighted by Crippen LogP contribution is 2.39. The predicted octanol–water partition coefficient (Wildman–Crippen LogP) is 6.84. The number of benzene rings is 1. The van der Waals surface area contributed by atoms with Crippen LogP contribution >= 0.6 is 35.3 Å². The molecule has 8 heteroatoms. The van der Waals surface area contributed by atoms with E-state index in [1.54, 1.807) is 49.5 Å². The van der Waals surface area contributed by atoms with Crippen molar-refractivity contribution in [2.45, 2.75) is 54.7 Å². The van der Waals surface area contributed by atoms with Gasteiger partial charge in [0.15, 0.2) is 11.5 Å². The largest absolute Gasteiger partial charge is 0.493 e. The number of methoxy groups -OCH3 is 2. The van der Waals surface area contributed by atoms with Crippen molar-refractivity contribution in [1.29, 1.82) is 0 Å². The number of pyridine rings is 1. The molecule has 0 saturated heterocycles. The molecule has 2 aromatic rings. The minimum Gasteiger partial charge on any atom is -0.493 e. The summed E-state index contributed by atoms with van der Waals surface area (Å²) in [4.78, 5) is 19.2. The summed E-state index contributed by atoms with van der Waals surface area (Å²) in [5.74, 6) is 2.15. The molecule has 0 aliphatic heterocycles. The zero-order valence-electron chi connectivity index (χ0n) is 19.8. The summed E-state index contributed by atoms with van der Waals surface area (Å²) in [6, 6.07) is 7.73. The molecule has 0 bridgehead atoms. The van der Waals surface area contributed by atoms with Gasteiger partial charge in [0, 0.05) is 10.6 Å². The average Bonchev–Trinajstić information content (AvgIpc) is 2.81. The minimum atomic E-state index is -0.359. The van der Waals surface area contributed by atoms with Crippen LogP contribution in [0.4, 0.5) is 5.69 Å². The third-order valence-electron chi connectivity index (χ3n) is 4.97. The van der Waals surface area contributed by atoms with Crippen LogP contribution in [0.1, 0.15) is 49.1 Å². The summed E-state index contributed by atoms with van der Waals surface area (Å²) in [6.45, 7) is 4.18. The Hall–Kier alpha value is -1.51. The molecular formula is C24H34N2O3S3. The molecule has 0 spiro atoms. The van der Waals surface area contributed by atoms with Gasteiger partial charge in [-0.3, -0.25) is 4.79 Å². The Balaban J connectivity index is 2.34. The molecule has 32 heavy (non-hydrogen) atoms. The Kier molecular flexibility index (Phi) is 11.6. The molecule has 0 fully saturated rings. The highest BCUT2D eigenvalue weighted by molar-refractivity contribution is 8.00. The molecule has 5 nitrogen and oxygen atoms in total. The van der Waals surface area contributed by atoms with Gasteiger partial charge in [0.1, 0.15) is 10.3 Å². The van der Waals surface area contributed by atoms with Crippen LogP contribution in [-0.4, -0.2) is 43.4 Å². The van der Waals surface area contributed by atoms with E-state index in [9.17, 15) is 4.79 Å². The maximum Gasteiger partial charge on any atom is 0.242 e. The number of aromatic nitrogens is 1. The van der Waals surface area contributed by atoms with Crippen LogP contribution in [0.3, 0.4) is 0 Å². The second-order valence-corrected chi connectivity index (χ2v) is 10.1. The van der Waals surface area contributed by atoms with Crippen LogP contribution in [0.5, 0.6) is 11.5 Å². The SMILES string of the molecule is CCCCCCSC(C(=O)Nc1c(SC)cc(C)nc1SC)c1ccc(OC)c(OC)c1. The highest BCUT2D eigenvalue weighted by atomic mass is 32.2. The molecule has 1 amide bonds. The molecule has 0 radical (unpaired) electrons. The molecule has 2 rings (SSSR count). The minimum absolute atomic E-state index is 0.0473. The number of rotatable bonds is 13. The Bertz CT molecular complexity index is 868. The lowest BCUT2D eigenvalue weighted by Gasteiger charge is -2.20. The average molecular weight is 495 g/mol. The molecule has 0 aliphatic rings. The van der Waals surface area contributed by atoms with E-state index in [-0.39, 0.29) is 11.2 Å². The van der Waals surface area contributed by atoms with Gasteiger partial charge < -0.3 is 14.8 Å². The number of nitrogens with zero attached hydrogens (tertiary/aromatic N) is 1. The lowest BCUT2D eigenvalue weighted by Crippen LogP contribution is -2.21. The molecule has 1 N–H and O–H groups in total. The Morgan fingerprint density at radius 3 is 2.44 bits per heavy atom. The monoisotopic (exact) mass is 494 g/mol. The van der Waals surface area contributed by atoms with E-state index in [2.05, 4.69) is 17.2 Å². The van der Waals surface area contributed by atoms with Crippen molar-refractivity contribution >= 4 is 46.9 Å². The molecule has 1 aromatic carbocycles. The zero-order valence-corrected chi connectivity index (χ0v) is 22.3. The van der Waals surface area contributed by atoms with Crippen LogP contribution in [0.2, 0.25) is 0 Å². The van der Waals surface area contributed by atoms with Crippen molar-refractivity contribution in [3.8, 4) is 11.5 Å². The van der Waals surface area contributed by atoms with E-state index < -0.39 is 0 Å². The summed E-state index contributed by atoms with van der Waals surface area (Å²) in [5.41, 5.74) is 2.63. The number of amides is 1. The number of carbonyl (C=O) groups excluding carboxylic acids is 1. The van der Waals surface area contributed by atoms with E-state index >= 15 is 0 Å². The summed E-state index contributed by atoms with van der Waals surface area (Å²) in [6.07, 6.45) is 8.68. The van der Waals surface area contributed by atoms with Crippen LogP contribution in [0, 0.1) is 6.92 Å². The van der Waals surface area contributed by atoms with Crippen molar-refractivity contribution in [2.24, 2.45) is 0 Å². The van der Waals surface area contributed by atoms with Gasteiger partial charge in [-0.2, -0.15) is 0 Å². The van der Waals surface area contributed by atoms with Gasteiger partial charge in [-0.1, -0.05) is 32.3 Å². The summed E-state index contributed by atoms with van der Waals surface area (Å²) in [7, 11) is 3.23. The number of hydrogen-bond donors (Lipinski definition) is 1. The van der Waals surface area contributed by atoms with Gasteiger partial charge in [-0.05, 0) is 55.4 Å². The maximum absolute atomic E-state index is 13.6. The normalized spacial score (nSPS) is 11.8. The van der Waals surface area contributed by atoms with Gasteiger partial charge in [0.2, 0.25) is 5.91 Å². The van der Waals surface area contributed by atoms with Crippen molar-refractivity contribution in [1.82, 2.24) is 4.98 Å². The molecule has 176 valence electrons. The second-order valence-electron chi connectivity index (χ2n) is 7.27. The molecule has 1 heterocycles. The van der Waals surface area contributed by atoms with Gasteiger partial charge in [0.05, 0.1) is 19.9 Å². The fourth-order valence-corrected chi connectivity index (χ4v) is 5.76. The van der Waals surface area contributed by atoms with E-state index in [1.165, 1.54) is 19.3 Å². The number of ether oxygens (including phenoxy) is 2. The zero-order chi connectivity index (χ0) is 23.5. The fraction of sp³-hybridized carbons (Fsp3) is 0.500. The maximum atomic E-state index is 13.6. The summed E-state index contributed by atoms with van der Waals surface area (Å²) in [5, 5.41) is 3.66. The molecule has 0 saturated carbocycles. The molecular weight excluding hydrogens is 460 g/mol. The molecule has 1 unspecified atom stereocenters. The van der Waals surface area contributed by atoms with Gasteiger partial charge >= 0.3 is 0 Å². The second kappa shape index (κ2) is 13.9. The first-order chi connectivity index (χ1) is 15.5. The van der Waals surface area contributed by atoms with Crippen LogP contribution in [0.25, 0.3) is 0 Å². The standard InChI is InChI=1S/C24H34N2O3S3/c1-7-8-9-10-13-32-22(17-11-12-18(28-3)19(15-17)29-4)23(27)26-21-20(30-5)14-16(2)25-24(21)31-6/h11-12,14-15,22H,7-10,13H2,1-6H3,(H,26,27). The lowest BCUT2D eigenvalue weighted by molar-refractivity contribution is -0.115. The molecule has 1 aromatic heterocycles. The topological polar surface area (TPSA) is 60.5 Å². The Morgan fingerprint density at radius 2 is 1.81 bits per heavy atom. The van der Waals surface area contributed by atoms with E-state index in [1.807, 2.05) is 43.7 Å². The third-order valence-corrected chi connectivity index (χ3v) is 7.76. The number of carbonyl (C=O) groups is 1. The Labute approximate surface area is 205 Å². The highest BCUT2D eigenvalue weighted by Gasteiger charge is 2.25. The smallest absolute Gasteiger partial charge is 0.242 e. The number of nitrogens with one attached hydrogen (secondary N) is 1. The number of aryl methyl sites for hydroxylation is 1. The van der Waals surface area contributed by atoms with Crippen LogP contribution in [0.15, 0.2) is 34.2 Å². The summed E-state index contributed by atoms with van der Waals surface area (Å²) < 4.78 is 10.9. The van der Waals surface area contributed by atoms with Crippen LogP contribution in [-0.2, 0) is 4.79 Å². The summed E-state index contributed by atoms with van der Waals surface area (Å²) >= 11 is 4.83. The van der Waals surface area contributed by atoms with E-state index in [4.69, 9.17) is 9.47 Å². The fourth-order valence-electron chi connectivity index (χ4n) is 3.30. The number of thioether (sulfide) groups is 3. The number of hydrogen-bond acceptors (Lipinski definition) is 7. The lowest BCUT2D eigenvalue weighted by atomic mass is 10.1. The Morgan fingerprint density at radius 1 is 1.06 bits per heavy atom. The third kappa shape index (κ3) is 7.25. The molecule has 1 atom stereocenters. The van der Waals surface area contributed by atoms with Crippen molar-refractivity contribution in [3.05, 3.63) is 35.5 Å². The van der Waals surface area contributed by atoms with Crippen molar-refractivity contribution < 1.29 is 14.3 Å². The van der Waals surface area contributed by atoms with Crippen molar-refractivity contribution in [3.63, 3.8) is 0 Å². The van der Waals surface area contributed by atoms with Gasteiger partial charge in [0.25, 0.3) is 0 Å². The first kappa shape index (κ1) is 26.7. The van der Waals surface area contributed by atoms with E-state index in [0.717, 1.165) is 39.0 Å². The van der Waals surface area contributed by atoms with Gasteiger partial charge in [-0.15, -0.1) is 35.3 Å².